The smallest absolute Gasteiger partial charge is 0.148 e. The zero-order valence-electron chi connectivity index (χ0n) is 34.6. The number of hydrogen-bond acceptors (Lipinski definition) is 4. The Morgan fingerprint density at radius 3 is 0.703 bits per heavy atom. The number of ether oxygens (including phenoxy) is 4. The molecule has 9 rings (SSSR count). The minimum Gasteiger partial charge on any atom is -0.481 e. The summed E-state index contributed by atoms with van der Waals surface area (Å²) >= 11 is 0. The molecule has 0 fully saturated rings. The molecule has 0 saturated carbocycles. The van der Waals surface area contributed by atoms with E-state index in [1.54, 1.807) is 0 Å². The minimum absolute atomic E-state index is 0.176. The number of aromatic amines is 4. The first-order chi connectivity index (χ1) is 31.5. The molecule has 4 aromatic heterocycles. The van der Waals surface area contributed by atoms with Crippen molar-refractivity contribution in [2.45, 2.75) is 0 Å². The second kappa shape index (κ2) is 18.3. The third kappa shape index (κ3) is 8.32. The predicted octanol–water partition coefficient (Wildman–Crippen LogP) is 6.35. The highest BCUT2D eigenvalue weighted by atomic mass is 16.5. The van der Waals surface area contributed by atoms with Crippen LogP contribution in [0.15, 0.2) is 146 Å². The number of hydrogen-bond donors (Lipinski definition) is 4. The maximum Gasteiger partial charge on any atom is 0.148 e. The fourth-order valence-corrected chi connectivity index (χ4v) is 7.94. The van der Waals surface area contributed by atoms with E-state index in [4.69, 9.17) is 44.6 Å². The lowest BCUT2D eigenvalue weighted by molar-refractivity contribution is 0.370. The number of terminal acetylenes is 4. The van der Waals surface area contributed by atoms with Crippen LogP contribution in [-0.4, -0.2) is 46.4 Å². The molecular formula is C56H40N4O4. The molecule has 0 atom stereocenters. The molecule has 1 aliphatic heterocycles. The van der Waals surface area contributed by atoms with Crippen LogP contribution < -0.4 is 40.3 Å². The molecule has 0 spiro atoms. The van der Waals surface area contributed by atoms with E-state index in [0.717, 1.165) is 88.7 Å². The summed E-state index contributed by atoms with van der Waals surface area (Å²) in [5.74, 6) is 12.9. The van der Waals surface area contributed by atoms with Crippen LogP contribution in [-0.2, 0) is 0 Å². The highest BCUT2D eigenvalue weighted by Crippen LogP contribution is 2.30. The van der Waals surface area contributed by atoms with E-state index in [0.29, 0.717) is 23.0 Å². The van der Waals surface area contributed by atoms with E-state index in [2.05, 4.69) is 92.1 Å². The summed E-state index contributed by atoms with van der Waals surface area (Å²) in [5, 5.41) is 3.57. The Labute approximate surface area is 370 Å². The average Bonchev–Trinajstić information content (AvgIpc) is 4.19. The molecule has 8 heteroatoms. The van der Waals surface area contributed by atoms with Crippen molar-refractivity contribution in [1.82, 2.24) is 19.9 Å². The minimum atomic E-state index is 0.176. The van der Waals surface area contributed by atoms with E-state index < -0.39 is 0 Å². The molecule has 308 valence electrons. The lowest BCUT2D eigenvalue weighted by Crippen LogP contribution is -2.19. The van der Waals surface area contributed by atoms with Crippen LogP contribution in [0.2, 0.25) is 0 Å². The van der Waals surface area contributed by atoms with Crippen molar-refractivity contribution in [1.29, 1.82) is 0 Å². The van der Waals surface area contributed by atoms with Gasteiger partial charge in [0, 0.05) is 66.5 Å². The molecule has 64 heavy (non-hydrogen) atoms. The summed E-state index contributed by atoms with van der Waals surface area (Å²) in [6.07, 6.45) is 22.0. The van der Waals surface area contributed by atoms with Gasteiger partial charge >= 0.3 is 0 Å². The Hall–Kier alpha value is -9.08. The molecule has 4 N–H and O–H groups in total. The number of H-pyrrole nitrogens is 4. The quantitative estimate of drug-likeness (QED) is 0.108. The van der Waals surface area contributed by atoms with Crippen LogP contribution in [0, 0.1) is 49.4 Å². The number of rotatable bonds is 12. The molecular weight excluding hydrogens is 793 g/mol. The van der Waals surface area contributed by atoms with Crippen LogP contribution in [0.4, 0.5) is 0 Å². The zero-order valence-corrected chi connectivity index (χ0v) is 34.6. The van der Waals surface area contributed by atoms with Crippen LogP contribution >= 0.6 is 0 Å². The highest BCUT2D eigenvalue weighted by Gasteiger charge is 2.19. The van der Waals surface area contributed by atoms with E-state index in [9.17, 15) is 0 Å². The van der Waals surface area contributed by atoms with Gasteiger partial charge in [0.15, 0.2) is 0 Å². The summed E-state index contributed by atoms with van der Waals surface area (Å²) in [6, 6.07) is 48.7. The molecule has 0 saturated heterocycles. The summed E-state index contributed by atoms with van der Waals surface area (Å²) in [5.41, 5.74) is 11.2. The van der Waals surface area contributed by atoms with E-state index >= 15 is 0 Å². The van der Waals surface area contributed by atoms with Crippen molar-refractivity contribution in [2.24, 2.45) is 0 Å². The van der Waals surface area contributed by atoms with Gasteiger partial charge in [-0.2, -0.15) is 0 Å². The fourth-order valence-electron chi connectivity index (χ4n) is 7.94. The van der Waals surface area contributed by atoms with Crippen LogP contribution in [0.25, 0.3) is 22.3 Å². The molecule has 0 unspecified atom stereocenters. The Bertz CT molecular complexity index is 2950. The second-order valence-corrected chi connectivity index (χ2v) is 14.7. The maximum atomic E-state index is 5.76. The lowest BCUT2D eigenvalue weighted by atomic mass is 10.0. The summed E-state index contributed by atoms with van der Waals surface area (Å²) in [6.45, 7) is 0.705. The van der Waals surface area contributed by atoms with Gasteiger partial charge in [-0.1, -0.05) is 72.2 Å². The van der Waals surface area contributed by atoms with Crippen molar-refractivity contribution in [3.05, 3.63) is 212 Å². The molecule has 0 amide bonds. The largest absolute Gasteiger partial charge is 0.481 e. The standard InChI is InChI=1S/C56H40N4O4/c1-5-33-61-41-17-9-37(10-18-41)53-45-25-27-47(57-45)54(38-11-19-42(20-12-38)62-34-6-2)49-29-31-51(59-49)56(40-15-23-44(24-16-40)64-36-8-4)52-32-30-50(60-52)55(48-28-26-46(53)58-48)39-13-21-43(22-14-39)63-35-7-3/h1-4,9-32,57-60H,33-36H2. The number of aromatic nitrogens is 4. The Balaban J connectivity index is 1.34. The molecule has 5 heterocycles. The third-order valence-electron chi connectivity index (χ3n) is 10.8. The maximum absolute atomic E-state index is 5.76. The molecule has 8 aromatic rings. The van der Waals surface area contributed by atoms with Gasteiger partial charge in [-0.05, 0) is 119 Å². The van der Waals surface area contributed by atoms with E-state index in [1.165, 1.54) is 0 Å². The first kappa shape index (κ1) is 40.3. The molecule has 0 radical (unpaired) electrons. The monoisotopic (exact) mass is 832 g/mol. The number of nitrogens with one attached hydrogen (secondary N) is 4. The molecule has 4 aromatic carbocycles. The van der Waals surface area contributed by atoms with Crippen molar-refractivity contribution in [2.75, 3.05) is 26.4 Å². The number of benzene rings is 4. The molecule has 8 nitrogen and oxygen atoms in total. The lowest BCUT2D eigenvalue weighted by Gasteiger charge is -2.11. The molecule has 0 aliphatic carbocycles. The summed E-state index contributed by atoms with van der Waals surface area (Å²) < 4.78 is 23.0. The molecule has 8 bridgehead atoms. The van der Waals surface area contributed by atoms with E-state index in [1.807, 2.05) is 97.1 Å². The Morgan fingerprint density at radius 1 is 0.281 bits per heavy atom. The summed E-state index contributed by atoms with van der Waals surface area (Å²) in [4.78, 5) is 15.3. The van der Waals surface area contributed by atoms with Gasteiger partial charge in [-0.25, -0.2) is 0 Å². The van der Waals surface area contributed by atoms with Gasteiger partial charge in [-0.15, -0.1) is 25.7 Å². The van der Waals surface area contributed by atoms with Crippen molar-refractivity contribution in [3.8, 4) is 72.4 Å². The van der Waals surface area contributed by atoms with Crippen LogP contribution in [0.3, 0.4) is 0 Å². The van der Waals surface area contributed by atoms with E-state index in [-0.39, 0.29) is 26.4 Å². The van der Waals surface area contributed by atoms with Gasteiger partial charge in [0.1, 0.15) is 49.4 Å². The third-order valence-corrected chi connectivity index (χ3v) is 10.8. The van der Waals surface area contributed by atoms with Gasteiger partial charge in [0.2, 0.25) is 0 Å². The van der Waals surface area contributed by atoms with Crippen LogP contribution in [0.1, 0.15) is 45.0 Å². The number of fused-ring (bicyclic) bond motifs is 8. The van der Waals surface area contributed by atoms with Gasteiger partial charge in [0.05, 0.1) is 0 Å². The Kier molecular flexibility index (Phi) is 11.5. The highest BCUT2D eigenvalue weighted by molar-refractivity contribution is 5.85. The predicted molar refractivity (Wildman–Crippen MR) is 251 cm³/mol. The first-order valence-electron chi connectivity index (χ1n) is 20.5. The van der Waals surface area contributed by atoms with Crippen molar-refractivity contribution in [3.63, 3.8) is 0 Å². The zero-order chi connectivity index (χ0) is 43.8. The van der Waals surface area contributed by atoms with Gasteiger partial charge < -0.3 is 38.9 Å². The summed E-state index contributed by atoms with van der Waals surface area (Å²) in [7, 11) is 0. The Morgan fingerprint density at radius 2 is 0.500 bits per heavy atom. The fraction of sp³-hybridized carbons (Fsp3) is 0.0714. The van der Waals surface area contributed by atoms with Crippen molar-refractivity contribution >= 4 is 22.3 Å². The van der Waals surface area contributed by atoms with Crippen LogP contribution in [0.5, 0.6) is 23.0 Å². The first-order valence-corrected chi connectivity index (χ1v) is 20.5. The second-order valence-electron chi connectivity index (χ2n) is 14.7. The normalized spacial score (nSPS) is 11.8. The SMILES string of the molecule is C#CCOc1ccc(C2=c3ccc([nH]3)=C(c3ccc(OCC#C)cc3)c3ccc([nH]3)C(c3ccc(OCC#C)cc3)=c3ccc([nH]3)=C(c3ccc(OCC#C)cc3)c3ccc2[nH]3)cc1. The molecule has 1 aliphatic rings. The van der Waals surface area contributed by atoms with Gasteiger partial charge in [0.25, 0.3) is 0 Å². The average molecular weight is 833 g/mol. The van der Waals surface area contributed by atoms with Gasteiger partial charge in [-0.3, -0.25) is 0 Å². The topological polar surface area (TPSA) is 100 Å². The van der Waals surface area contributed by atoms with Crippen molar-refractivity contribution < 1.29 is 18.9 Å².